The second-order valence-corrected chi connectivity index (χ2v) is 5.48. The second-order valence-electron chi connectivity index (χ2n) is 4.56. The van der Waals surface area contributed by atoms with Crippen molar-refractivity contribution in [2.75, 3.05) is 0 Å². The summed E-state index contributed by atoms with van der Waals surface area (Å²) in [7, 11) is 0. The van der Waals surface area contributed by atoms with Crippen molar-refractivity contribution in [2.24, 2.45) is 5.92 Å². The number of halogens is 1. The molecule has 1 amide bonds. The third kappa shape index (κ3) is 3.09. The lowest BCUT2D eigenvalue weighted by atomic mass is 9.90. The van der Waals surface area contributed by atoms with Gasteiger partial charge in [-0.2, -0.15) is 0 Å². The van der Waals surface area contributed by atoms with Gasteiger partial charge in [0.15, 0.2) is 0 Å². The van der Waals surface area contributed by atoms with Crippen LogP contribution in [0.2, 0.25) is 0 Å². The predicted molar refractivity (Wildman–Crippen MR) is 64.9 cm³/mol. The van der Waals surface area contributed by atoms with Crippen molar-refractivity contribution >= 4 is 21.8 Å². The number of hydrogen-bond acceptors (Lipinski definition) is 1. The second kappa shape index (κ2) is 4.39. The molecule has 0 unspecified atom stereocenters. The standard InChI is InChI=1S/C11H17BrN2O/c1-7(2)11(3,4)14-10(15)9-5-8(12)6-13-9/h5-7,13H,1-4H3,(H,14,15). The van der Waals surface area contributed by atoms with Crippen LogP contribution in [0.1, 0.15) is 38.2 Å². The lowest BCUT2D eigenvalue weighted by Crippen LogP contribution is -2.47. The minimum atomic E-state index is -0.200. The molecule has 0 saturated heterocycles. The minimum absolute atomic E-state index is 0.0700. The molecule has 0 aromatic carbocycles. The van der Waals surface area contributed by atoms with Gasteiger partial charge in [0.05, 0.1) is 0 Å². The fraction of sp³-hybridized carbons (Fsp3) is 0.545. The first-order valence-corrected chi connectivity index (χ1v) is 5.78. The molecule has 84 valence electrons. The first-order valence-electron chi connectivity index (χ1n) is 4.99. The van der Waals surface area contributed by atoms with Crippen LogP contribution in [-0.2, 0) is 0 Å². The van der Waals surface area contributed by atoms with Gasteiger partial charge in [-0.15, -0.1) is 0 Å². The third-order valence-electron chi connectivity index (χ3n) is 2.77. The van der Waals surface area contributed by atoms with Crippen molar-refractivity contribution < 1.29 is 4.79 Å². The maximum atomic E-state index is 11.8. The molecule has 1 aromatic heterocycles. The zero-order valence-electron chi connectivity index (χ0n) is 9.52. The summed E-state index contributed by atoms with van der Waals surface area (Å²) >= 11 is 3.30. The highest BCUT2D eigenvalue weighted by Gasteiger charge is 2.25. The molecule has 15 heavy (non-hydrogen) atoms. The van der Waals surface area contributed by atoms with E-state index < -0.39 is 0 Å². The van der Waals surface area contributed by atoms with Crippen molar-refractivity contribution in [3.63, 3.8) is 0 Å². The maximum Gasteiger partial charge on any atom is 0.268 e. The quantitative estimate of drug-likeness (QED) is 0.873. The predicted octanol–water partition coefficient (Wildman–Crippen LogP) is 2.94. The molecule has 0 fully saturated rings. The van der Waals surface area contributed by atoms with Gasteiger partial charge in [0.1, 0.15) is 5.69 Å². The highest BCUT2D eigenvalue weighted by molar-refractivity contribution is 9.10. The number of amides is 1. The van der Waals surface area contributed by atoms with Crippen molar-refractivity contribution in [1.29, 1.82) is 0 Å². The highest BCUT2D eigenvalue weighted by atomic mass is 79.9. The summed E-state index contributed by atoms with van der Waals surface area (Å²) in [6.07, 6.45) is 1.75. The van der Waals surface area contributed by atoms with E-state index in [4.69, 9.17) is 0 Å². The van der Waals surface area contributed by atoms with Gasteiger partial charge < -0.3 is 10.3 Å². The number of aromatic amines is 1. The van der Waals surface area contributed by atoms with E-state index in [1.807, 2.05) is 13.8 Å². The topological polar surface area (TPSA) is 44.9 Å². The Morgan fingerprint density at radius 1 is 1.53 bits per heavy atom. The van der Waals surface area contributed by atoms with Gasteiger partial charge >= 0.3 is 0 Å². The van der Waals surface area contributed by atoms with Crippen LogP contribution >= 0.6 is 15.9 Å². The van der Waals surface area contributed by atoms with E-state index in [2.05, 4.69) is 40.1 Å². The monoisotopic (exact) mass is 272 g/mol. The van der Waals surface area contributed by atoms with Crippen LogP contribution in [0.25, 0.3) is 0 Å². The van der Waals surface area contributed by atoms with E-state index in [1.165, 1.54) is 0 Å². The molecule has 4 heteroatoms. The van der Waals surface area contributed by atoms with Crippen LogP contribution in [0.5, 0.6) is 0 Å². The first-order chi connectivity index (χ1) is 6.83. The Morgan fingerprint density at radius 2 is 2.13 bits per heavy atom. The highest BCUT2D eigenvalue weighted by Crippen LogP contribution is 2.17. The molecule has 0 saturated carbocycles. The Balaban J connectivity index is 2.72. The molecule has 2 N–H and O–H groups in total. The smallest absolute Gasteiger partial charge is 0.268 e. The van der Waals surface area contributed by atoms with Gasteiger partial charge in [-0.1, -0.05) is 13.8 Å². The Morgan fingerprint density at radius 3 is 2.53 bits per heavy atom. The average Bonchev–Trinajstić information content (AvgIpc) is 2.50. The molecule has 0 radical (unpaired) electrons. The normalized spacial score (nSPS) is 11.9. The lowest BCUT2D eigenvalue weighted by molar-refractivity contribution is 0.0885. The summed E-state index contributed by atoms with van der Waals surface area (Å²) in [5.74, 6) is 0.319. The zero-order chi connectivity index (χ0) is 11.6. The molecule has 0 spiro atoms. The van der Waals surface area contributed by atoms with E-state index in [0.29, 0.717) is 11.6 Å². The molecule has 3 nitrogen and oxygen atoms in total. The molecule has 0 atom stereocenters. The van der Waals surface area contributed by atoms with E-state index in [1.54, 1.807) is 12.3 Å². The maximum absolute atomic E-state index is 11.8. The first kappa shape index (κ1) is 12.3. The van der Waals surface area contributed by atoms with Gasteiger partial charge in [-0.3, -0.25) is 4.79 Å². The molecule has 1 rings (SSSR count). The number of carbonyl (C=O) groups is 1. The molecule has 0 aliphatic heterocycles. The van der Waals surface area contributed by atoms with Crippen molar-refractivity contribution in [1.82, 2.24) is 10.3 Å². The molecular weight excluding hydrogens is 256 g/mol. The van der Waals surface area contributed by atoms with E-state index in [0.717, 1.165) is 4.47 Å². The SMILES string of the molecule is CC(C)C(C)(C)NC(=O)c1cc(Br)c[nH]1. The van der Waals surface area contributed by atoms with Crippen LogP contribution in [0.15, 0.2) is 16.7 Å². The summed E-state index contributed by atoms with van der Waals surface area (Å²) < 4.78 is 0.884. The van der Waals surface area contributed by atoms with Crippen LogP contribution < -0.4 is 5.32 Å². The molecule has 1 aromatic rings. The number of H-pyrrole nitrogens is 1. The van der Waals surface area contributed by atoms with Gasteiger partial charge in [-0.05, 0) is 41.8 Å². The number of aromatic nitrogens is 1. The van der Waals surface area contributed by atoms with Crippen LogP contribution in [0.3, 0.4) is 0 Å². The fourth-order valence-corrected chi connectivity index (χ4v) is 1.35. The lowest BCUT2D eigenvalue weighted by Gasteiger charge is -2.30. The van der Waals surface area contributed by atoms with Gasteiger partial charge in [-0.25, -0.2) is 0 Å². The van der Waals surface area contributed by atoms with Crippen molar-refractivity contribution in [3.05, 3.63) is 22.4 Å². The molecule has 0 bridgehead atoms. The van der Waals surface area contributed by atoms with Crippen molar-refractivity contribution in [2.45, 2.75) is 33.2 Å². The summed E-state index contributed by atoms with van der Waals surface area (Å²) in [6, 6.07) is 1.77. The fourth-order valence-electron chi connectivity index (χ4n) is 1.00. The average molecular weight is 273 g/mol. The number of carbonyl (C=O) groups excluding carboxylic acids is 1. The Bertz CT molecular complexity index is 355. The molecule has 1 heterocycles. The molecular formula is C11H17BrN2O. The van der Waals surface area contributed by atoms with Gasteiger partial charge in [0, 0.05) is 16.2 Å². The molecule has 0 aliphatic carbocycles. The summed E-state index contributed by atoms with van der Waals surface area (Å²) in [6.45, 7) is 8.22. The Kier molecular flexibility index (Phi) is 3.60. The van der Waals surface area contributed by atoms with E-state index >= 15 is 0 Å². The Labute approximate surface area is 98.8 Å². The van der Waals surface area contributed by atoms with Crippen LogP contribution in [0.4, 0.5) is 0 Å². The summed E-state index contributed by atoms with van der Waals surface area (Å²) in [5.41, 5.74) is 0.380. The minimum Gasteiger partial charge on any atom is -0.356 e. The van der Waals surface area contributed by atoms with Gasteiger partial charge in [0.2, 0.25) is 0 Å². The largest absolute Gasteiger partial charge is 0.356 e. The van der Waals surface area contributed by atoms with E-state index in [-0.39, 0.29) is 11.4 Å². The summed E-state index contributed by atoms with van der Waals surface area (Å²) in [4.78, 5) is 14.7. The van der Waals surface area contributed by atoms with Gasteiger partial charge in [0.25, 0.3) is 5.91 Å². The van der Waals surface area contributed by atoms with E-state index in [9.17, 15) is 4.79 Å². The van der Waals surface area contributed by atoms with Crippen molar-refractivity contribution in [3.8, 4) is 0 Å². The molecule has 0 aliphatic rings. The zero-order valence-corrected chi connectivity index (χ0v) is 11.1. The summed E-state index contributed by atoms with van der Waals surface area (Å²) in [5, 5.41) is 2.99. The van der Waals surface area contributed by atoms with Crippen LogP contribution in [0, 0.1) is 5.92 Å². The number of rotatable bonds is 3. The van der Waals surface area contributed by atoms with Crippen LogP contribution in [-0.4, -0.2) is 16.4 Å². The third-order valence-corrected chi connectivity index (χ3v) is 3.23. The Hall–Kier alpha value is -0.770. The number of nitrogens with one attached hydrogen (secondary N) is 2. The number of hydrogen-bond donors (Lipinski definition) is 2.